The summed E-state index contributed by atoms with van der Waals surface area (Å²) in [4.78, 5) is 19.2. The van der Waals surface area contributed by atoms with Gasteiger partial charge in [0.2, 0.25) is 0 Å². The predicted octanol–water partition coefficient (Wildman–Crippen LogP) is -1.42. The number of hydrogen-bond acceptors (Lipinski definition) is 5. The topological polar surface area (TPSA) is 94.1 Å². The van der Waals surface area contributed by atoms with Crippen molar-refractivity contribution >= 4 is 6.03 Å². The number of hydrogen-bond donors (Lipinski definition) is 2. The third kappa shape index (κ3) is 2.15. The molecule has 2 amide bonds. The van der Waals surface area contributed by atoms with Crippen LogP contribution in [0, 0.1) is 0 Å². The SMILES string of the molecule is CON(N)C(=O)N(N)OC. The summed E-state index contributed by atoms with van der Waals surface area (Å²) in [7, 11) is 2.45. The summed E-state index contributed by atoms with van der Waals surface area (Å²) in [5, 5.41) is 0.868. The van der Waals surface area contributed by atoms with Gasteiger partial charge in [0, 0.05) is 0 Å². The van der Waals surface area contributed by atoms with Crippen molar-refractivity contribution < 1.29 is 14.5 Å². The molecule has 0 saturated carbocycles. The monoisotopic (exact) mass is 150 g/mol. The third-order valence-electron chi connectivity index (χ3n) is 0.770. The van der Waals surface area contributed by atoms with Crippen molar-refractivity contribution in [3.8, 4) is 0 Å². The summed E-state index contributed by atoms with van der Waals surface area (Å²) in [6, 6.07) is -0.801. The zero-order valence-electron chi connectivity index (χ0n) is 5.77. The van der Waals surface area contributed by atoms with Crippen LogP contribution in [0.1, 0.15) is 0 Å². The molecule has 0 unspecified atom stereocenters. The standard InChI is InChI=1S/C3H10N4O3/c1-9-6(4)3(8)7(5)10-2/h4-5H2,1-2H3. The fraction of sp³-hybridized carbons (Fsp3) is 0.667. The fourth-order valence-corrected chi connectivity index (χ4v) is 0.253. The zero-order chi connectivity index (χ0) is 8.15. The molecule has 0 aliphatic heterocycles. The molecule has 7 nitrogen and oxygen atoms in total. The van der Waals surface area contributed by atoms with Crippen molar-refractivity contribution in [3.63, 3.8) is 0 Å². The second kappa shape index (κ2) is 4.01. The second-order valence-corrected chi connectivity index (χ2v) is 1.30. The average Bonchev–Trinajstić information content (AvgIpc) is 2.00. The van der Waals surface area contributed by atoms with E-state index >= 15 is 0 Å². The Balaban J connectivity index is 3.82. The van der Waals surface area contributed by atoms with Crippen LogP contribution in [0.25, 0.3) is 0 Å². The second-order valence-electron chi connectivity index (χ2n) is 1.30. The molecule has 0 atom stereocenters. The van der Waals surface area contributed by atoms with Gasteiger partial charge in [0.15, 0.2) is 0 Å². The minimum atomic E-state index is -0.801. The lowest BCUT2D eigenvalue weighted by Crippen LogP contribution is -2.48. The van der Waals surface area contributed by atoms with Crippen molar-refractivity contribution in [1.29, 1.82) is 0 Å². The minimum absolute atomic E-state index is 0.434. The third-order valence-corrected chi connectivity index (χ3v) is 0.770. The van der Waals surface area contributed by atoms with Gasteiger partial charge in [-0.15, -0.1) is 10.3 Å². The Labute approximate surface area is 57.9 Å². The molecule has 0 aliphatic rings. The quantitative estimate of drug-likeness (QED) is 0.286. The van der Waals surface area contributed by atoms with Gasteiger partial charge in [0.05, 0.1) is 14.2 Å². The molecule has 0 aromatic carbocycles. The summed E-state index contributed by atoms with van der Waals surface area (Å²) in [6.45, 7) is 0. The van der Waals surface area contributed by atoms with Gasteiger partial charge in [-0.2, -0.15) is 0 Å². The van der Waals surface area contributed by atoms with Crippen molar-refractivity contribution in [2.24, 2.45) is 11.7 Å². The smallest absolute Gasteiger partial charge is 0.257 e. The highest BCUT2D eigenvalue weighted by atomic mass is 16.7. The van der Waals surface area contributed by atoms with E-state index in [2.05, 4.69) is 9.68 Å². The molecule has 0 saturated heterocycles. The summed E-state index contributed by atoms with van der Waals surface area (Å²) in [5.74, 6) is 9.91. The van der Waals surface area contributed by atoms with E-state index in [0.29, 0.717) is 10.3 Å². The van der Waals surface area contributed by atoms with Crippen molar-refractivity contribution in [2.75, 3.05) is 14.2 Å². The first-order valence-corrected chi connectivity index (χ1v) is 2.35. The highest BCUT2D eigenvalue weighted by Gasteiger charge is 2.14. The molecule has 0 heterocycles. The number of carbonyl (C=O) groups excluding carboxylic acids is 1. The van der Waals surface area contributed by atoms with Crippen LogP contribution >= 0.6 is 0 Å². The largest absolute Gasteiger partial charge is 0.398 e. The molecule has 0 radical (unpaired) electrons. The summed E-state index contributed by atoms with van der Waals surface area (Å²) in [6.07, 6.45) is 0. The molecule has 0 rings (SSSR count). The van der Waals surface area contributed by atoms with Crippen LogP contribution in [0.2, 0.25) is 0 Å². The first kappa shape index (κ1) is 9.11. The first-order chi connectivity index (χ1) is 4.63. The van der Waals surface area contributed by atoms with Crippen LogP contribution in [0.3, 0.4) is 0 Å². The number of amides is 2. The van der Waals surface area contributed by atoms with Crippen LogP contribution in [-0.2, 0) is 9.68 Å². The van der Waals surface area contributed by atoms with E-state index in [-0.39, 0.29) is 0 Å². The van der Waals surface area contributed by atoms with E-state index in [1.54, 1.807) is 0 Å². The molecule has 0 aromatic heterocycles. The Morgan fingerprint density at radius 1 is 1.20 bits per heavy atom. The van der Waals surface area contributed by atoms with Gasteiger partial charge in [-0.05, 0) is 0 Å². The number of urea groups is 1. The maximum Gasteiger partial charge on any atom is 0.398 e. The van der Waals surface area contributed by atoms with Crippen molar-refractivity contribution in [1.82, 2.24) is 10.3 Å². The van der Waals surface area contributed by atoms with Gasteiger partial charge >= 0.3 is 6.03 Å². The molecule has 0 aromatic rings. The Bertz CT molecular complexity index is 106. The minimum Gasteiger partial charge on any atom is -0.257 e. The van der Waals surface area contributed by atoms with E-state index in [1.165, 1.54) is 14.2 Å². The Kier molecular flexibility index (Phi) is 3.65. The Hall–Kier alpha value is -0.890. The van der Waals surface area contributed by atoms with Gasteiger partial charge in [-0.1, -0.05) is 0 Å². The number of nitrogens with two attached hydrogens (primary N) is 2. The maximum atomic E-state index is 10.7. The molecular weight excluding hydrogens is 140 g/mol. The molecule has 0 spiro atoms. The summed E-state index contributed by atoms with van der Waals surface area (Å²) < 4.78 is 0. The molecule has 60 valence electrons. The van der Waals surface area contributed by atoms with Crippen LogP contribution in [0.15, 0.2) is 0 Å². The first-order valence-electron chi connectivity index (χ1n) is 2.35. The van der Waals surface area contributed by atoms with E-state index < -0.39 is 6.03 Å². The molecule has 0 bridgehead atoms. The molecular formula is C3H10N4O3. The summed E-state index contributed by atoms with van der Waals surface area (Å²) in [5.41, 5.74) is 0. The van der Waals surface area contributed by atoms with Crippen molar-refractivity contribution in [2.45, 2.75) is 0 Å². The number of hydroxylamine groups is 2. The van der Waals surface area contributed by atoms with E-state index in [9.17, 15) is 4.79 Å². The highest BCUT2D eigenvalue weighted by Crippen LogP contribution is 1.86. The molecule has 0 aliphatic carbocycles. The van der Waals surface area contributed by atoms with Crippen LogP contribution in [0.4, 0.5) is 4.79 Å². The average molecular weight is 150 g/mol. The lowest BCUT2D eigenvalue weighted by Gasteiger charge is -2.18. The van der Waals surface area contributed by atoms with E-state index in [0.717, 1.165) is 0 Å². The van der Waals surface area contributed by atoms with Gasteiger partial charge in [-0.3, -0.25) is 9.68 Å². The lowest BCUT2D eigenvalue weighted by molar-refractivity contribution is -0.157. The molecule has 0 fully saturated rings. The normalized spacial score (nSPS) is 9.20. The number of carbonyl (C=O) groups is 1. The Morgan fingerprint density at radius 3 is 1.70 bits per heavy atom. The van der Waals surface area contributed by atoms with Crippen LogP contribution in [0.5, 0.6) is 0 Å². The van der Waals surface area contributed by atoms with Gasteiger partial charge in [-0.25, -0.2) is 16.5 Å². The number of rotatable bonds is 2. The Morgan fingerprint density at radius 2 is 1.50 bits per heavy atom. The lowest BCUT2D eigenvalue weighted by atomic mass is 11.1. The van der Waals surface area contributed by atoms with Gasteiger partial charge in [0.25, 0.3) is 0 Å². The fourth-order valence-electron chi connectivity index (χ4n) is 0.253. The maximum absolute atomic E-state index is 10.7. The molecule has 10 heavy (non-hydrogen) atoms. The summed E-state index contributed by atoms with van der Waals surface area (Å²) >= 11 is 0. The number of hydrazine groups is 2. The molecule has 4 N–H and O–H groups in total. The van der Waals surface area contributed by atoms with E-state index in [1.807, 2.05) is 0 Å². The highest BCUT2D eigenvalue weighted by molar-refractivity contribution is 5.70. The van der Waals surface area contributed by atoms with Gasteiger partial charge < -0.3 is 0 Å². The zero-order valence-corrected chi connectivity index (χ0v) is 5.77. The van der Waals surface area contributed by atoms with E-state index in [4.69, 9.17) is 11.7 Å². The number of nitrogens with zero attached hydrogens (tertiary/aromatic N) is 2. The van der Waals surface area contributed by atoms with Gasteiger partial charge in [0.1, 0.15) is 0 Å². The van der Waals surface area contributed by atoms with Crippen molar-refractivity contribution in [3.05, 3.63) is 0 Å². The van der Waals surface area contributed by atoms with Crippen LogP contribution in [-0.4, -0.2) is 30.6 Å². The molecule has 7 heteroatoms. The van der Waals surface area contributed by atoms with Crippen LogP contribution < -0.4 is 11.7 Å². The predicted molar refractivity (Wildman–Crippen MR) is 31.5 cm³/mol.